The van der Waals surface area contributed by atoms with Gasteiger partial charge in [-0.05, 0) is 23.9 Å². The molecule has 1 heterocycles. The van der Waals surface area contributed by atoms with E-state index in [1.807, 2.05) is 6.07 Å². The van der Waals surface area contributed by atoms with Crippen molar-refractivity contribution < 1.29 is 4.74 Å². The van der Waals surface area contributed by atoms with Crippen LogP contribution in [0.25, 0.3) is 0 Å². The quantitative estimate of drug-likeness (QED) is 0.241. The molecule has 0 N–H and O–H groups in total. The Balaban J connectivity index is 1.66. The summed E-state index contributed by atoms with van der Waals surface area (Å²) in [6.45, 7) is 3.18. The maximum Gasteiger partial charge on any atom is 0.173 e. The molecular formula is C22H40OS. The molecule has 0 amide bonds. The van der Waals surface area contributed by atoms with E-state index in [9.17, 15) is 0 Å². The molecule has 0 aliphatic carbocycles. The van der Waals surface area contributed by atoms with E-state index in [1.54, 1.807) is 11.3 Å². The number of rotatable bonds is 18. The molecule has 1 aromatic rings. The van der Waals surface area contributed by atoms with Crippen LogP contribution >= 0.6 is 11.3 Å². The number of hydrogen-bond acceptors (Lipinski definition) is 2. The Morgan fingerprint density at radius 3 is 1.54 bits per heavy atom. The average molecular weight is 353 g/mol. The summed E-state index contributed by atoms with van der Waals surface area (Å²) in [5.41, 5.74) is 0. The highest BCUT2D eigenvalue weighted by Gasteiger charge is 1.96. The Labute approximate surface area is 155 Å². The SMILES string of the molecule is CCCCCCCCCCCCCCCCCCOc1cccs1. The molecule has 1 rings (SSSR count). The highest BCUT2D eigenvalue weighted by atomic mass is 32.1. The van der Waals surface area contributed by atoms with Crippen molar-refractivity contribution in [2.45, 2.75) is 110 Å². The van der Waals surface area contributed by atoms with Crippen LogP contribution in [0.5, 0.6) is 5.06 Å². The fraction of sp³-hybridized carbons (Fsp3) is 0.818. The first-order valence-corrected chi connectivity index (χ1v) is 11.5. The van der Waals surface area contributed by atoms with Gasteiger partial charge in [0, 0.05) is 0 Å². The van der Waals surface area contributed by atoms with Crippen LogP contribution in [0.2, 0.25) is 0 Å². The van der Waals surface area contributed by atoms with E-state index in [2.05, 4.69) is 18.4 Å². The third kappa shape index (κ3) is 13.9. The molecule has 0 spiro atoms. The maximum absolute atomic E-state index is 5.68. The zero-order valence-corrected chi connectivity index (χ0v) is 16.9. The lowest BCUT2D eigenvalue weighted by atomic mass is 10.0. The molecule has 0 saturated heterocycles. The van der Waals surface area contributed by atoms with E-state index in [4.69, 9.17) is 4.74 Å². The lowest BCUT2D eigenvalue weighted by molar-refractivity contribution is 0.312. The molecule has 0 aromatic carbocycles. The zero-order chi connectivity index (χ0) is 17.1. The Hall–Kier alpha value is -0.500. The van der Waals surface area contributed by atoms with Crippen LogP contribution in [-0.4, -0.2) is 6.61 Å². The summed E-state index contributed by atoms with van der Waals surface area (Å²) in [4.78, 5) is 0. The van der Waals surface area contributed by atoms with Gasteiger partial charge >= 0.3 is 0 Å². The van der Waals surface area contributed by atoms with Crippen LogP contribution < -0.4 is 4.74 Å². The zero-order valence-electron chi connectivity index (χ0n) is 16.1. The van der Waals surface area contributed by atoms with Crippen molar-refractivity contribution in [3.05, 3.63) is 17.5 Å². The molecule has 0 aliphatic heterocycles. The molecule has 1 aromatic heterocycles. The molecule has 24 heavy (non-hydrogen) atoms. The minimum absolute atomic E-state index is 0.888. The molecule has 0 unspecified atom stereocenters. The van der Waals surface area contributed by atoms with Crippen molar-refractivity contribution in [1.82, 2.24) is 0 Å². The van der Waals surface area contributed by atoms with Gasteiger partial charge in [0.25, 0.3) is 0 Å². The van der Waals surface area contributed by atoms with E-state index in [-0.39, 0.29) is 0 Å². The molecule has 2 heteroatoms. The molecule has 0 atom stereocenters. The largest absolute Gasteiger partial charge is 0.484 e. The molecule has 0 fully saturated rings. The van der Waals surface area contributed by atoms with Crippen LogP contribution in [-0.2, 0) is 0 Å². The molecular weight excluding hydrogens is 312 g/mol. The normalized spacial score (nSPS) is 11.0. The van der Waals surface area contributed by atoms with E-state index in [0.29, 0.717) is 0 Å². The Kier molecular flexibility index (Phi) is 15.6. The molecule has 0 bridgehead atoms. The number of hydrogen-bond donors (Lipinski definition) is 0. The number of unbranched alkanes of at least 4 members (excludes halogenated alkanes) is 15. The monoisotopic (exact) mass is 352 g/mol. The first-order chi connectivity index (χ1) is 11.9. The summed E-state index contributed by atoms with van der Waals surface area (Å²) in [7, 11) is 0. The van der Waals surface area contributed by atoms with E-state index in [0.717, 1.165) is 11.7 Å². The van der Waals surface area contributed by atoms with Gasteiger partial charge in [0.2, 0.25) is 0 Å². The van der Waals surface area contributed by atoms with E-state index in [1.165, 1.54) is 103 Å². The van der Waals surface area contributed by atoms with Crippen molar-refractivity contribution in [3.63, 3.8) is 0 Å². The maximum atomic E-state index is 5.68. The third-order valence-electron chi connectivity index (χ3n) is 4.74. The molecule has 140 valence electrons. The van der Waals surface area contributed by atoms with Crippen LogP contribution in [0.3, 0.4) is 0 Å². The average Bonchev–Trinajstić information content (AvgIpc) is 3.11. The van der Waals surface area contributed by atoms with Gasteiger partial charge in [-0.3, -0.25) is 0 Å². The van der Waals surface area contributed by atoms with Crippen molar-refractivity contribution in [1.29, 1.82) is 0 Å². The van der Waals surface area contributed by atoms with Gasteiger partial charge in [-0.25, -0.2) is 0 Å². The fourth-order valence-corrected chi connectivity index (χ4v) is 3.77. The van der Waals surface area contributed by atoms with Crippen LogP contribution in [0.15, 0.2) is 17.5 Å². The minimum atomic E-state index is 0.888. The van der Waals surface area contributed by atoms with Gasteiger partial charge in [0.05, 0.1) is 6.61 Å². The van der Waals surface area contributed by atoms with Crippen LogP contribution in [0, 0.1) is 0 Å². The summed E-state index contributed by atoms with van der Waals surface area (Å²) in [5.74, 6) is 0. The lowest BCUT2D eigenvalue weighted by Gasteiger charge is -2.04. The first kappa shape index (κ1) is 21.5. The second kappa shape index (κ2) is 17.3. The first-order valence-electron chi connectivity index (χ1n) is 10.6. The summed E-state index contributed by atoms with van der Waals surface area (Å²) < 4.78 is 5.68. The molecule has 1 nitrogen and oxygen atoms in total. The van der Waals surface area contributed by atoms with Crippen molar-refractivity contribution >= 4 is 11.3 Å². The van der Waals surface area contributed by atoms with Gasteiger partial charge < -0.3 is 4.74 Å². The molecule has 0 aliphatic rings. The summed E-state index contributed by atoms with van der Waals surface area (Å²) in [6.07, 6.45) is 22.7. The molecule has 0 saturated carbocycles. The van der Waals surface area contributed by atoms with E-state index < -0.39 is 0 Å². The van der Waals surface area contributed by atoms with Gasteiger partial charge in [-0.1, -0.05) is 103 Å². The summed E-state index contributed by atoms with van der Waals surface area (Å²) in [5, 5.41) is 3.14. The van der Waals surface area contributed by atoms with Crippen LogP contribution in [0.1, 0.15) is 110 Å². The van der Waals surface area contributed by atoms with Gasteiger partial charge in [-0.2, -0.15) is 0 Å². The standard InChI is InChI=1S/C22H40OS/c1-2-3-4-5-6-7-8-9-10-11-12-13-14-15-16-17-20-23-22-19-18-21-24-22/h18-19,21H,2-17,20H2,1H3. The van der Waals surface area contributed by atoms with Gasteiger partial charge in [0.1, 0.15) is 0 Å². The Bertz CT molecular complexity index is 334. The van der Waals surface area contributed by atoms with Gasteiger partial charge in [0.15, 0.2) is 5.06 Å². The minimum Gasteiger partial charge on any atom is -0.484 e. The fourth-order valence-electron chi connectivity index (χ4n) is 3.17. The summed E-state index contributed by atoms with van der Waals surface area (Å²) >= 11 is 1.69. The van der Waals surface area contributed by atoms with E-state index >= 15 is 0 Å². The Morgan fingerprint density at radius 1 is 0.667 bits per heavy atom. The smallest absolute Gasteiger partial charge is 0.173 e. The second-order valence-electron chi connectivity index (χ2n) is 7.08. The lowest BCUT2D eigenvalue weighted by Crippen LogP contribution is -1.95. The van der Waals surface area contributed by atoms with Crippen LogP contribution in [0.4, 0.5) is 0 Å². The number of thiophene rings is 1. The highest BCUT2D eigenvalue weighted by molar-refractivity contribution is 7.11. The number of ether oxygens (including phenoxy) is 1. The topological polar surface area (TPSA) is 9.23 Å². The third-order valence-corrected chi connectivity index (χ3v) is 5.52. The second-order valence-corrected chi connectivity index (χ2v) is 7.99. The van der Waals surface area contributed by atoms with Gasteiger partial charge in [-0.15, -0.1) is 11.3 Å². The highest BCUT2D eigenvalue weighted by Crippen LogP contribution is 2.18. The van der Waals surface area contributed by atoms with Crippen molar-refractivity contribution in [2.24, 2.45) is 0 Å². The predicted octanol–water partition coefficient (Wildman–Crippen LogP) is 8.39. The van der Waals surface area contributed by atoms with Crippen molar-refractivity contribution in [3.8, 4) is 5.06 Å². The Morgan fingerprint density at radius 2 is 1.12 bits per heavy atom. The predicted molar refractivity (Wildman–Crippen MR) is 109 cm³/mol. The summed E-state index contributed by atoms with van der Waals surface area (Å²) in [6, 6.07) is 4.10. The molecule has 0 radical (unpaired) electrons. The van der Waals surface area contributed by atoms with Crippen molar-refractivity contribution in [2.75, 3.05) is 6.61 Å².